The number of benzene rings is 3. The lowest BCUT2D eigenvalue weighted by atomic mass is 10.0. The second kappa shape index (κ2) is 19.8. The highest BCUT2D eigenvalue weighted by Crippen LogP contribution is 2.33. The van der Waals surface area contributed by atoms with Crippen molar-refractivity contribution in [2.75, 3.05) is 19.6 Å². The normalized spacial score (nSPS) is 17.3. The van der Waals surface area contributed by atoms with E-state index >= 15 is 0 Å². The third-order valence-electron chi connectivity index (χ3n) is 10.4. The van der Waals surface area contributed by atoms with Crippen molar-refractivity contribution in [2.24, 2.45) is 0 Å². The van der Waals surface area contributed by atoms with Crippen LogP contribution in [0.4, 0.5) is 9.59 Å². The van der Waals surface area contributed by atoms with Crippen molar-refractivity contribution in [3.8, 4) is 11.8 Å². The largest absolute Gasteiger partial charge is 0.444 e. The quantitative estimate of drug-likeness (QED) is 0.121. The van der Waals surface area contributed by atoms with Crippen LogP contribution >= 0.6 is 0 Å². The van der Waals surface area contributed by atoms with Crippen LogP contribution in [0.3, 0.4) is 0 Å². The first kappa shape index (κ1) is 44.9. The summed E-state index contributed by atoms with van der Waals surface area (Å²) in [6, 6.07) is 22.9. The van der Waals surface area contributed by atoms with Gasteiger partial charge in [0.25, 0.3) is 11.8 Å². The van der Waals surface area contributed by atoms with Gasteiger partial charge in [0, 0.05) is 25.2 Å². The lowest BCUT2D eigenvalue weighted by molar-refractivity contribution is -0.140. The molecule has 0 aliphatic carbocycles. The van der Waals surface area contributed by atoms with Crippen LogP contribution in [0.1, 0.15) is 119 Å². The van der Waals surface area contributed by atoms with Gasteiger partial charge in [-0.05, 0) is 108 Å². The molecule has 2 saturated heterocycles. The van der Waals surface area contributed by atoms with Gasteiger partial charge in [0.05, 0.1) is 12.2 Å². The fourth-order valence-electron chi connectivity index (χ4n) is 7.58. The van der Waals surface area contributed by atoms with Gasteiger partial charge in [0.1, 0.15) is 40.8 Å². The van der Waals surface area contributed by atoms with E-state index in [0.717, 1.165) is 17.5 Å². The van der Waals surface area contributed by atoms with Crippen LogP contribution in [0, 0.1) is 11.8 Å². The van der Waals surface area contributed by atoms with E-state index in [9.17, 15) is 24.0 Å². The smallest absolute Gasteiger partial charge is 0.408 e. The Morgan fingerprint density at radius 2 is 1.26 bits per heavy atom. The summed E-state index contributed by atoms with van der Waals surface area (Å²) in [5.41, 5.74) is 2.20. The van der Waals surface area contributed by atoms with Crippen molar-refractivity contribution in [3.63, 3.8) is 0 Å². The van der Waals surface area contributed by atoms with Crippen molar-refractivity contribution < 1.29 is 33.4 Å². The fourth-order valence-corrected chi connectivity index (χ4v) is 7.58. The summed E-state index contributed by atoms with van der Waals surface area (Å²) in [4.78, 5) is 78.1. The third kappa shape index (κ3) is 12.2. The van der Waals surface area contributed by atoms with Gasteiger partial charge < -0.3 is 40.2 Å². The minimum absolute atomic E-state index is 0.236. The molecule has 0 spiro atoms. The van der Waals surface area contributed by atoms with E-state index in [1.165, 1.54) is 0 Å². The molecule has 6 rings (SSSR count). The number of amides is 5. The number of H-pyrrole nitrogens is 1. The van der Waals surface area contributed by atoms with Crippen molar-refractivity contribution in [1.82, 2.24) is 35.7 Å². The number of nitrogens with zero attached hydrogens (tertiary/aromatic N) is 3. The molecule has 14 heteroatoms. The molecule has 2 aliphatic heterocycles. The third-order valence-corrected chi connectivity index (χ3v) is 10.4. The number of ether oxygens (including phenoxy) is 2. The molecule has 5 amide bonds. The molecule has 3 aromatic carbocycles. The summed E-state index contributed by atoms with van der Waals surface area (Å²) in [5, 5.41) is 8.51. The van der Waals surface area contributed by atoms with Crippen LogP contribution in [0.25, 0.3) is 0 Å². The van der Waals surface area contributed by atoms with Gasteiger partial charge in [-0.3, -0.25) is 14.4 Å². The molecule has 4 N–H and O–H groups in total. The van der Waals surface area contributed by atoms with Crippen LogP contribution in [0.15, 0.2) is 91.1 Å². The Balaban J connectivity index is 1.02. The number of aromatic amines is 1. The number of aromatic nitrogens is 2. The second-order valence-electron chi connectivity index (χ2n) is 17.5. The van der Waals surface area contributed by atoms with Gasteiger partial charge in [-0.15, -0.1) is 0 Å². The number of carbonyl (C=O) groups is 5. The summed E-state index contributed by atoms with van der Waals surface area (Å²) in [5.74, 6) is 6.10. The zero-order valence-electron chi connectivity index (χ0n) is 36.3. The van der Waals surface area contributed by atoms with Crippen molar-refractivity contribution in [2.45, 2.75) is 109 Å². The number of hydrogen-bond acceptors (Lipinski definition) is 8. The number of imidazole rings is 1. The Labute approximate surface area is 363 Å². The van der Waals surface area contributed by atoms with E-state index in [2.05, 4.69) is 37.8 Å². The number of hydrogen-bond donors (Lipinski definition) is 4. The highest BCUT2D eigenvalue weighted by atomic mass is 16.6. The Kier molecular flexibility index (Phi) is 14.4. The molecule has 14 nitrogen and oxygen atoms in total. The summed E-state index contributed by atoms with van der Waals surface area (Å²) >= 11 is 0. The zero-order chi connectivity index (χ0) is 44.4. The maximum atomic E-state index is 14.0. The average Bonchev–Trinajstić information content (AvgIpc) is 4.02. The maximum absolute atomic E-state index is 14.0. The molecule has 0 saturated carbocycles. The van der Waals surface area contributed by atoms with Crippen LogP contribution in [0.5, 0.6) is 0 Å². The average molecular weight is 844 g/mol. The molecule has 0 unspecified atom stereocenters. The fraction of sp³-hybridized carbons (Fsp3) is 0.417. The Bertz CT molecular complexity index is 2250. The van der Waals surface area contributed by atoms with E-state index in [-0.39, 0.29) is 23.8 Å². The number of rotatable bonds is 11. The van der Waals surface area contributed by atoms with Crippen molar-refractivity contribution >= 4 is 29.9 Å². The molecule has 0 radical (unpaired) electrons. The second-order valence-corrected chi connectivity index (χ2v) is 17.5. The SMILES string of the molecule is CC(C)(C)OC(=O)N[C@@H](C(=O)N1CCC[C@H]1C(=O)NCCc1ccc(C#Cc2cnc([C@@H]3CCCN3C(=O)[C@H](NC(=O)OC(C)(C)C)c3ccccc3)[nH]2)cc1)c1ccccc1. The first-order valence-corrected chi connectivity index (χ1v) is 21.2. The molecule has 3 heterocycles. The van der Waals surface area contributed by atoms with E-state index in [0.29, 0.717) is 68.0 Å². The molecule has 62 heavy (non-hydrogen) atoms. The predicted molar refractivity (Wildman–Crippen MR) is 233 cm³/mol. The highest BCUT2D eigenvalue weighted by molar-refractivity contribution is 5.92. The van der Waals surface area contributed by atoms with Crippen LogP contribution in [-0.2, 0) is 30.3 Å². The summed E-state index contributed by atoms with van der Waals surface area (Å²) in [7, 11) is 0. The molecule has 0 bridgehead atoms. The standard InChI is InChI=1S/C48H57N7O7/c1-47(2,3)61-45(59)52-39(34-15-9-7-10-16-34)43(57)54-29-13-19-37(54)41-50-31-36(51-41)26-25-32-21-23-33(24-22-32)27-28-49-42(56)38-20-14-30-55(38)44(58)40(35-17-11-8-12-18-35)53-46(60)62-48(4,5)6/h7-12,15-18,21-24,31,37-40H,13-14,19-20,27-30H2,1-6H3,(H,49,56)(H,50,51)(H,52,59)(H,53,60)/t37-,38-,39+,40+/m0/s1. The topological polar surface area (TPSA) is 175 Å². The van der Waals surface area contributed by atoms with Crippen LogP contribution in [-0.4, -0.2) is 86.6 Å². The van der Waals surface area contributed by atoms with Crippen LogP contribution < -0.4 is 16.0 Å². The Morgan fingerprint density at radius 1 is 0.726 bits per heavy atom. The highest BCUT2D eigenvalue weighted by Gasteiger charge is 2.39. The van der Waals surface area contributed by atoms with E-state index in [1.54, 1.807) is 81.8 Å². The summed E-state index contributed by atoms with van der Waals surface area (Å²) < 4.78 is 10.9. The van der Waals surface area contributed by atoms with Gasteiger partial charge in [-0.1, -0.05) is 78.7 Å². The monoisotopic (exact) mass is 843 g/mol. The Morgan fingerprint density at radius 3 is 1.82 bits per heavy atom. The molecular weight excluding hydrogens is 787 g/mol. The zero-order valence-corrected chi connectivity index (χ0v) is 36.3. The van der Waals surface area contributed by atoms with E-state index in [4.69, 9.17) is 9.47 Å². The van der Waals surface area contributed by atoms with Crippen molar-refractivity contribution in [1.29, 1.82) is 0 Å². The molecule has 2 fully saturated rings. The molecule has 1 aromatic heterocycles. The summed E-state index contributed by atoms with van der Waals surface area (Å²) in [6.07, 6.45) is 3.54. The van der Waals surface area contributed by atoms with Gasteiger partial charge >= 0.3 is 12.2 Å². The van der Waals surface area contributed by atoms with Gasteiger partial charge in [-0.2, -0.15) is 0 Å². The minimum atomic E-state index is -1.00. The predicted octanol–water partition coefficient (Wildman–Crippen LogP) is 6.65. The first-order chi connectivity index (χ1) is 29.5. The number of carbonyl (C=O) groups excluding carboxylic acids is 5. The van der Waals surface area contributed by atoms with E-state index < -0.39 is 41.5 Å². The number of alkyl carbamates (subject to hydrolysis) is 2. The van der Waals surface area contributed by atoms with Crippen LogP contribution in [0.2, 0.25) is 0 Å². The lowest BCUT2D eigenvalue weighted by Crippen LogP contribution is -2.50. The number of nitrogens with one attached hydrogen (secondary N) is 4. The first-order valence-electron chi connectivity index (χ1n) is 21.2. The Hall–Kier alpha value is -6.62. The van der Waals surface area contributed by atoms with Gasteiger partial charge in [0.15, 0.2) is 0 Å². The molecule has 326 valence electrons. The molecule has 4 aromatic rings. The maximum Gasteiger partial charge on any atom is 0.408 e. The van der Waals surface area contributed by atoms with Crippen molar-refractivity contribution in [3.05, 3.63) is 125 Å². The van der Waals surface area contributed by atoms with E-state index in [1.807, 2.05) is 60.7 Å². The van der Waals surface area contributed by atoms with Gasteiger partial charge in [0.2, 0.25) is 5.91 Å². The number of likely N-dealkylation sites (tertiary alicyclic amines) is 2. The minimum Gasteiger partial charge on any atom is -0.444 e. The summed E-state index contributed by atoms with van der Waals surface area (Å²) in [6.45, 7) is 11.9. The molecule has 4 atom stereocenters. The lowest BCUT2D eigenvalue weighted by Gasteiger charge is -2.29. The molecular formula is C48H57N7O7. The molecule has 2 aliphatic rings. The van der Waals surface area contributed by atoms with Gasteiger partial charge in [-0.25, -0.2) is 14.6 Å².